The van der Waals surface area contributed by atoms with Crippen molar-refractivity contribution in [2.24, 2.45) is 0 Å². The van der Waals surface area contributed by atoms with Crippen molar-refractivity contribution in [2.75, 3.05) is 5.32 Å². The second-order valence-electron chi connectivity index (χ2n) is 7.39. The Hall–Kier alpha value is -3.51. The number of amides is 1. The van der Waals surface area contributed by atoms with Gasteiger partial charge in [-0.25, -0.2) is 4.98 Å². The first-order valence-electron chi connectivity index (χ1n) is 10.1. The number of furan rings is 1. The van der Waals surface area contributed by atoms with E-state index < -0.39 is 0 Å². The monoisotopic (exact) mass is 508 g/mol. The molecule has 8 heteroatoms. The zero-order valence-corrected chi connectivity index (χ0v) is 19.7. The van der Waals surface area contributed by atoms with E-state index in [1.807, 2.05) is 12.1 Å². The van der Waals surface area contributed by atoms with Crippen molar-refractivity contribution in [3.8, 4) is 22.8 Å². The lowest BCUT2D eigenvalue weighted by Crippen LogP contribution is -2.07. The van der Waals surface area contributed by atoms with Crippen molar-refractivity contribution in [1.29, 1.82) is 0 Å². The Morgan fingerprint density at radius 3 is 2.47 bits per heavy atom. The van der Waals surface area contributed by atoms with Crippen molar-refractivity contribution in [1.82, 2.24) is 4.98 Å². The lowest BCUT2D eigenvalue weighted by Gasteiger charge is -2.03. The summed E-state index contributed by atoms with van der Waals surface area (Å²) in [6.07, 6.45) is 2.97. The average Bonchev–Trinajstić information content (AvgIpc) is 3.44. The highest BCUT2D eigenvalue weighted by atomic mass is 35.5. The Morgan fingerprint density at radius 1 is 0.824 bits per heavy atom. The van der Waals surface area contributed by atoms with Gasteiger partial charge in [0.2, 0.25) is 11.8 Å². The van der Waals surface area contributed by atoms with Crippen molar-refractivity contribution >= 4 is 63.6 Å². The molecule has 0 aliphatic heterocycles. The first-order chi connectivity index (χ1) is 16.4. The van der Waals surface area contributed by atoms with Gasteiger partial charge in [0.15, 0.2) is 5.58 Å². The summed E-state index contributed by atoms with van der Waals surface area (Å²) in [5.74, 6) is 1.23. The van der Waals surface area contributed by atoms with E-state index in [4.69, 9.17) is 43.6 Å². The molecule has 168 valence electrons. The molecule has 1 amide bonds. The smallest absolute Gasteiger partial charge is 0.248 e. The van der Waals surface area contributed by atoms with E-state index in [9.17, 15) is 4.79 Å². The minimum absolute atomic E-state index is 0.315. The maximum absolute atomic E-state index is 12.4. The number of hydrogen-bond acceptors (Lipinski definition) is 4. The largest absolute Gasteiger partial charge is 0.457 e. The predicted octanol–water partition coefficient (Wildman–Crippen LogP) is 8.37. The number of oxazole rings is 1. The second-order valence-corrected chi connectivity index (χ2v) is 8.70. The molecule has 3 aromatic carbocycles. The molecule has 0 aliphatic rings. The van der Waals surface area contributed by atoms with Gasteiger partial charge in [-0.15, -0.1) is 0 Å². The average molecular weight is 510 g/mol. The zero-order valence-electron chi connectivity index (χ0n) is 17.4. The number of carbonyl (C=O) groups excluding carboxylic acids is 1. The van der Waals surface area contributed by atoms with Crippen LogP contribution < -0.4 is 5.32 Å². The summed E-state index contributed by atoms with van der Waals surface area (Å²) in [5.41, 5.74) is 3.37. The van der Waals surface area contributed by atoms with Gasteiger partial charge in [0.1, 0.15) is 17.0 Å². The number of carbonyl (C=O) groups is 1. The molecule has 0 radical (unpaired) electrons. The Kier molecular flexibility index (Phi) is 6.16. The van der Waals surface area contributed by atoms with E-state index in [2.05, 4.69) is 10.3 Å². The van der Waals surface area contributed by atoms with Gasteiger partial charge in [0, 0.05) is 38.0 Å². The highest BCUT2D eigenvalue weighted by Crippen LogP contribution is 2.30. The Labute approximate surface area is 209 Å². The third kappa shape index (κ3) is 5.02. The van der Waals surface area contributed by atoms with Crippen molar-refractivity contribution < 1.29 is 13.6 Å². The molecule has 0 unspecified atom stereocenters. The highest BCUT2D eigenvalue weighted by Gasteiger charge is 2.10. The summed E-state index contributed by atoms with van der Waals surface area (Å²) in [4.78, 5) is 16.9. The van der Waals surface area contributed by atoms with Gasteiger partial charge in [-0.3, -0.25) is 4.79 Å². The predicted molar refractivity (Wildman–Crippen MR) is 136 cm³/mol. The van der Waals surface area contributed by atoms with Crippen LogP contribution in [0.4, 0.5) is 5.69 Å². The molecular formula is C26H15Cl3N2O3. The Balaban J connectivity index is 1.29. The fraction of sp³-hybridized carbons (Fsp3) is 0. The fourth-order valence-electron chi connectivity index (χ4n) is 3.39. The van der Waals surface area contributed by atoms with E-state index in [1.165, 1.54) is 6.08 Å². The van der Waals surface area contributed by atoms with Crippen LogP contribution in [0, 0.1) is 0 Å². The van der Waals surface area contributed by atoms with Gasteiger partial charge in [-0.1, -0.05) is 40.9 Å². The summed E-state index contributed by atoms with van der Waals surface area (Å²) in [6, 6.07) is 21.2. The molecule has 5 rings (SSSR count). The number of halogens is 3. The molecule has 0 atom stereocenters. The van der Waals surface area contributed by atoms with E-state index in [1.54, 1.807) is 66.7 Å². The minimum Gasteiger partial charge on any atom is -0.457 e. The topological polar surface area (TPSA) is 68.3 Å². The van der Waals surface area contributed by atoms with Gasteiger partial charge in [-0.05, 0) is 72.8 Å². The maximum atomic E-state index is 12.4. The highest BCUT2D eigenvalue weighted by molar-refractivity contribution is 6.35. The molecule has 2 heterocycles. The third-order valence-corrected chi connectivity index (χ3v) is 5.57. The molecule has 0 saturated carbocycles. The number of hydrogen-bond donors (Lipinski definition) is 1. The van der Waals surface area contributed by atoms with Crippen LogP contribution in [0.15, 0.2) is 87.7 Å². The minimum atomic E-state index is -0.315. The summed E-state index contributed by atoms with van der Waals surface area (Å²) < 4.78 is 11.6. The molecule has 0 aliphatic carbocycles. The summed E-state index contributed by atoms with van der Waals surface area (Å²) in [5, 5.41) is 4.44. The molecule has 0 fully saturated rings. The quantitative estimate of drug-likeness (QED) is 0.242. The molecule has 0 saturated heterocycles. The molecule has 34 heavy (non-hydrogen) atoms. The lowest BCUT2D eigenvalue weighted by molar-refractivity contribution is -0.111. The number of anilines is 1. The SMILES string of the molecule is O=C(/C=C/c1ccc(-c2cc(Cl)cc(Cl)c2)o1)Nc1cccc(-c2nc3cc(Cl)ccc3o2)c1. The molecular weight excluding hydrogens is 495 g/mol. The number of nitrogens with zero attached hydrogens (tertiary/aromatic N) is 1. The van der Waals surface area contributed by atoms with E-state index in [0.717, 1.165) is 11.1 Å². The first-order valence-corrected chi connectivity index (χ1v) is 11.3. The van der Waals surface area contributed by atoms with Crippen LogP contribution in [0.25, 0.3) is 40.0 Å². The van der Waals surface area contributed by atoms with Gasteiger partial charge in [0.05, 0.1) is 0 Å². The number of fused-ring (bicyclic) bond motifs is 1. The molecule has 5 aromatic rings. The van der Waals surface area contributed by atoms with E-state index in [0.29, 0.717) is 49.3 Å². The summed E-state index contributed by atoms with van der Waals surface area (Å²) in [6.45, 7) is 0. The number of nitrogens with one attached hydrogen (secondary N) is 1. The van der Waals surface area contributed by atoms with E-state index >= 15 is 0 Å². The maximum Gasteiger partial charge on any atom is 0.248 e. The van der Waals surface area contributed by atoms with Crippen molar-refractivity contribution in [2.45, 2.75) is 0 Å². The van der Waals surface area contributed by atoms with Crippen LogP contribution in [0.1, 0.15) is 5.76 Å². The Bertz CT molecular complexity index is 1530. The number of benzene rings is 3. The van der Waals surface area contributed by atoms with Gasteiger partial charge in [-0.2, -0.15) is 0 Å². The zero-order chi connectivity index (χ0) is 23.7. The van der Waals surface area contributed by atoms with Gasteiger partial charge in [0.25, 0.3) is 0 Å². The van der Waals surface area contributed by atoms with Crippen LogP contribution in [-0.2, 0) is 4.79 Å². The summed E-state index contributed by atoms with van der Waals surface area (Å²) >= 11 is 18.1. The standard InChI is InChI=1S/C26H15Cl3N2O3/c27-17-4-7-24-22(14-17)31-26(34-24)15-2-1-3-20(12-15)30-25(32)9-6-21-5-8-23(33-21)16-10-18(28)13-19(29)11-16/h1-14H,(H,30,32)/b9-6+. The summed E-state index contributed by atoms with van der Waals surface area (Å²) in [7, 11) is 0. The van der Waals surface area contributed by atoms with Crippen LogP contribution in [0.5, 0.6) is 0 Å². The van der Waals surface area contributed by atoms with Crippen LogP contribution in [0.2, 0.25) is 15.1 Å². The van der Waals surface area contributed by atoms with Crippen molar-refractivity contribution in [3.05, 3.63) is 99.7 Å². The fourth-order valence-corrected chi connectivity index (χ4v) is 4.08. The number of rotatable bonds is 5. The first kappa shape index (κ1) is 22.3. The van der Waals surface area contributed by atoms with Crippen LogP contribution >= 0.6 is 34.8 Å². The van der Waals surface area contributed by atoms with Crippen molar-refractivity contribution in [3.63, 3.8) is 0 Å². The van der Waals surface area contributed by atoms with Gasteiger partial charge < -0.3 is 14.2 Å². The number of aromatic nitrogens is 1. The Morgan fingerprint density at radius 2 is 1.65 bits per heavy atom. The molecule has 0 spiro atoms. The molecule has 0 bridgehead atoms. The van der Waals surface area contributed by atoms with Crippen LogP contribution in [0.3, 0.4) is 0 Å². The second kappa shape index (κ2) is 9.39. The van der Waals surface area contributed by atoms with Crippen LogP contribution in [-0.4, -0.2) is 10.9 Å². The lowest BCUT2D eigenvalue weighted by atomic mass is 10.2. The molecule has 2 aromatic heterocycles. The van der Waals surface area contributed by atoms with E-state index in [-0.39, 0.29) is 5.91 Å². The normalized spacial score (nSPS) is 11.4. The molecule has 1 N–H and O–H groups in total. The van der Waals surface area contributed by atoms with Gasteiger partial charge >= 0.3 is 0 Å². The third-order valence-electron chi connectivity index (χ3n) is 4.90. The molecule has 5 nitrogen and oxygen atoms in total.